The number of carbonyl (C=O) groups excluding carboxylic acids is 1. The number of carbonyl (C=O) groups is 2. The average molecular weight is 361 g/mol. The highest BCUT2D eigenvalue weighted by molar-refractivity contribution is 5.96. The fourth-order valence-corrected chi connectivity index (χ4v) is 2.46. The SMILES string of the molecule is CC(C)(C)c1ccc(C[C@@H](NC(=O)c2ccc(F)c(F)c2)C(=O)O)cc1. The third kappa shape index (κ3) is 4.88. The minimum atomic E-state index is -1.21. The van der Waals surface area contributed by atoms with Crippen LogP contribution in [0, 0.1) is 11.6 Å². The Morgan fingerprint density at radius 3 is 2.15 bits per heavy atom. The molecule has 0 aliphatic rings. The summed E-state index contributed by atoms with van der Waals surface area (Å²) in [5.74, 6) is -4.22. The quantitative estimate of drug-likeness (QED) is 0.854. The summed E-state index contributed by atoms with van der Waals surface area (Å²) in [4.78, 5) is 23.6. The summed E-state index contributed by atoms with van der Waals surface area (Å²) in [5, 5.41) is 11.7. The number of rotatable bonds is 5. The van der Waals surface area contributed by atoms with E-state index in [1.54, 1.807) is 0 Å². The van der Waals surface area contributed by atoms with Crippen molar-refractivity contribution in [2.24, 2.45) is 0 Å². The highest BCUT2D eigenvalue weighted by Crippen LogP contribution is 2.22. The van der Waals surface area contributed by atoms with Crippen molar-refractivity contribution in [1.82, 2.24) is 5.32 Å². The van der Waals surface area contributed by atoms with E-state index in [0.717, 1.165) is 29.3 Å². The predicted molar refractivity (Wildman–Crippen MR) is 94.1 cm³/mol. The van der Waals surface area contributed by atoms with Gasteiger partial charge in [0.25, 0.3) is 5.91 Å². The van der Waals surface area contributed by atoms with Crippen LogP contribution in [0.2, 0.25) is 0 Å². The van der Waals surface area contributed by atoms with Crippen molar-refractivity contribution < 1.29 is 23.5 Å². The Hall–Kier alpha value is -2.76. The Balaban J connectivity index is 2.12. The molecule has 0 spiro atoms. The first-order valence-electron chi connectivity index (χ1n) is 8.16. The van der Waals surface area contributed by atoms with E-state index >= 15 is 0 Å². The molecule has 4 nitrogen and oxygen atoms in total. The summed E-state index contributed by atoms with van der Waals surface area (Å²) in [7, 11) is 0. The fourth-order valence-electron chi connectivity index (χ4n) is 2.46. The number of amides is 1. The van der Waals surface area contributed by atoms with Crippen molar-refractivity contribution in [3.8, 4) is 0 Å². The maximum absolute atomic E-state index is 13.2. The van der Waals surface area contributed by atoms with Crippen LogP contribution in [-0.4, -0.2) is 23.0 Å². The smallest absolute Gasteiger partial charge is 0.326 e. The van der Waals surface area contributed by atoms with Gasteiger partial charge in [-0.1, -0.05) is 45.0 Å². The van der Waals surface area contributed by atoms with E-state index in [2.05, 4.69) is 26.1 Å². The zero-order chi connectivity index (χ0) is 19.5. The van der Waals surface area contributed by atoms with Gasteiger partial charge in [0.2, 0.25) is 0 Å². The first-order valence-corrected chi connectivity index (χ1v) is 8.16. The van der Waals surface area contributed by atoms with Crippen molar-refractivity contribution in [1.29, 1.82) is 0 Å². The van der Waals surface area contributed by atoms with Gasteiger partial charge in [-0.25, -0.2) is 13.6 Å². The number of aliphatic carboxylic acids is 1. The van der Waals surface area contributed by atoms with E-state index in [1.807, 2.05) is 24.3 Å². The Bertz CT molecular complexity index is 811. The number of nitrogens with one attached hydrogen (secondary N) is 1. The second kappa shape index (κ2) is 7.64. The number of carboxylic acids is 1. The van der Waals surface area contributed by atoms with Crippen molar-refractivity contribution in [3.63, 3.8) is 0 Å². The van der Waals surface area contributed by atoms with E-state index in [-0.39, 0.29) is 17.4 Å². The van der Waals surface area contributed by atoms with Crippen LogP contribution >= 0.6 is 0 Å². The van der Waals surface area contributed by atoms with Gasteiger partial charge in [-0.3, -0.25) is 4.79 Å². The predicted octanol–water partition coefficient (Wildman–Crippen LogP) is 3.69. The molecular formula is C20H21F2NO3. The van der Waals surface area contributed by atoms with Gasteiger partial charge in [0.05, 0.1) is 0 Å². The van der Waals surface area contributed by atoms with Crippen LogP contribution < -0.4 is 5.32 Å². The molecule has 0 saturated heterocycles. The summed E-state index contributed by atoms with van der Waals surface area (Å²) in [6, 6.07) is 8.96. The van der Waals surface area contributed by atoms with E-state index in [9.17, 15) is 23.5 Å². The van der Waals surface area contributed by atoms with Crippen molar-refractivity contribution in [3.05, 3.63) is 70.8 Å². The molecule has 0 aliphatic carbocycles. The molecule has 0 radical (unpaired) electrons. The van der Waals surface area contributed by atoms with Gasteiger partial charge in [0.15, 0.2) is 11.6 Å². The van der Waals surface area contributed by atoms with Gasteiger partial charge in [0, 0.05) is 12.0 Å². The van der Waals surface area contributed by atoms with Crippen LogP contribution in [0.15, 0.2) is 42.5 Å². The first kappa shape index (κ1) is 19.6. The van der Waals surface area contributed by atoms with E-state index in [0.29, 0.717) is 0 Å². The van der Waals surface area contributed by atoms with E-state index < -0.39 is 29.6 Å². The molecule has 6 heteroatoms. The molecule has 2 N–H and O–H groups in total. The number of halogens is 2. The maximum Gasteiger partial charge on any atom is 0.326 e. The lowest BCUT2D eigenvalue weighted by Gasteiger charge is -2.20. The Labute approximate surface area is 150 Å². The van der Waals surface area contributed by atoms with Crippen LogP contribution in [0.5, 0.6) is 0 Å². The highest BCUT2D eigenvalue weighted by Gasteiger charge is 2.22. The lowest BCUT2D eigenvalue weighted by Crippen LogP contribution is -2.42. The molecule has 0 fully saturated rings. The van der Waals surface area contributed by atoms with Gasteiger partial charge >= 0.3 is 5.97 Å². The largest absolute Gasteiger partial charge is 0.480 e. The number of hydrogen-bond donors (Lipinski definition) is 2. The van der Waals surface area contributed by atoms with Gasteiger partial charge < -0.3 is 10.4 Å². The van der Waals surface area contributed by atoms with Crippen LogP contribution in [0.3, 0.4) is 0 Å². The minimum Gasteiger partial charge on any atom is -0.480 e. The standard InChI is InChI=1S/C20H21F2NO3/c1-20(2,3)14-7-4-12(5-8-14)10-17(19(25)26)23-18(24)13-6-9-15(21)16(22)11-13/h4-9,11,17H,10H2,1-3H3,(H,23,24)(H,25,26)/t17-/m1/s1. The number of hydrogen-bond acceptors (Lipinski definition) is 2. The molecule has 0 aromatic heterocycles. The minimum absolute atomic E-state index is 0.0222. The van der Waals surface area contributed by atoms with Crippen molar-refractivity contribution >= 4 is 11.9 Å². The lowest BCUT2D eigenvalue weighted by atomic mass is 9.86. The Kier molecular flexibility index (Phi) is 5.75. The van der Waals surface area contributed by atoms with E-state index in [4.69, 9.17) is 0 Å². The monoisotopic (exact) mass is 361 g/mol. The molecular weight excluding hydrogens is 340 g/mol. The fraction of sp³-hybridized carbons (Fsp3) is 0.300. The van der Waals surface area contributed by atoms with Crippen LogP contribution in [0.1, 0.15) is 42.3 Å². The maximum atomic E-state index is 13.2. The third-order valence-electron chi connectivity index (χ3n) is 4.04. The summed E-state index contributed by atoms with van der Waals surface area (Å²) in [5.41, 5.74) is 1.69. The summed E-state index contributed by atoms with van der Waals surface area (Å²) in [6.07, 6.45) is 0.0785. The highest BCUT2D eigenvalue weighted by atomic mass is 19.2. The van der Waals surface area contributed by atoms with Crippen molar-refractivity contribution in [2.75, 3.05) is 0 Å². The van der Waals surface area contributed by atoms with Crippen molar-refractivity contribution in [2.45, 2.75) is 38.6 Å². The van der Waals surface area contributed by atoms with Crippen LogP contribution in [0.25, 0.3) is 0 Å². The number of carboxylic acid groups (broad SMARTS) is 1. The molecule has 0 bridgehead atoms. The van der Waals surface area contributed by atoms with Gasteiger partial charge in [-0.2, -0.15) is 0 Å². The number of benzene rings is 2. The molecule has 138 valence electrons. The lowest BCUT2D eigenvalue weighted by molar-refractivity contribution is -0.139. The summed E-state index contributed by atoms with van der Waals surface area (Å²) >= 11 is 0. The van der Waals surface area contributed by atoms with Crippen LogP contribution in [0.4, 0.5) is 8.78 Å². The second-order valence-corrected chi connectivity index (χ2v) is 7.14. The molecule has 2 aromatic carbocycles. The third-order valence-corrected chi connectivity index (χ3v) is 4.04. The van der Waals surface area contributed by atoms with Crippen LogP contribution in [-0.2, 0) is 16.6 Å². The summed E-state index contributed by atoms with van der Waals surface area (Å²) < 4.78 is 26.2. The molecule has 26 heavy (non-hydrogen) atoms. The molecule has 1 atom stereocenters. The average Bonchev–Trinajstić information content (AvgIpc) is 2.56. The molecule has 0 heterocycles. The second-order valence-electron chi connectivity index (χ2n) is 7.14. The summed E-state index contributed by atoms with van der Waals surface area (Å²) in [6.45, 7) is 6.22. The zero-order valence-electron chi connectivity index (χ0n) is 14.8. The molecule has 0 unspecified atom stereocenters. The normalized spacial score (nSPS) is 12.5. The molecule has 0 aliphatic heterocycles. The zero-order valence-corrected chi connectivity index (χ0v) is 14.8. The Morgan fingerprint density at radius 2 is 1.65 bits per heavy atom. The van der Waals surface area contributed by atoms with Gasteiger partial charge in [0.1, 0.15) is 6.04 Å². The topological polar surface area (TPSA) is 66.4 Å². The molecule has 2 rings (SSSR count). The van der Waals surface area contributed by atoms with Gasteiger partial charge in [-0.05, 0) is 34.7 Å². The van der Waals surface area contributed by atoms with Gasteiger partial charge in [-0.15, -0.1) is 0 Å². The molecule has 2 aromatic rings. The first-order chi connectivity index (χ1) is 12.1. The van der Waals surface area contributed by atoms with E-state index in [1.165, 1.54) is 0 Å². The Morgan fingerprint density at radius 1 is 1.04 bits per heavy atom. The molecule has 1 amide bonds. The molecule has 0 saturated carbocycles.